The van der Waals surface area contributed by atoms with Crippen molar-refractivity contribution in [3.63, 3.8) is 0 Å². The number of hydrogen-bond donors (Lipinski definition) is 0. The van der Waals surface area contributed by atoms with Crippen LogP contribution in [0.1, 0.15) is 47.4 Å². The maximum atomic E-state index is 9.35. The van der Waals surface area contributed by atoms with Crippen molar-refractivity contribution in [3.8, 4) is 50.9 Å². The molecule has 3 heterocycles. The number of rotatable bonds is 8. The molecule has 1 unspecified atom stereocenters. The third kappa shape index (κ3) is 7.03. The molecule has 0 bridgehead atoms. The van der Waals surface area contributed by atoms with Gasteiger partial charge in [0, 0.05) is 45.6 Å². The van der Waals surface area contributed by atoms with Crippen LogP contribution in [0, 0.1) is 23.9 Å². The second kappa shape index (κ2) is 15.9. The van der Waals surface area contributed by atoms with Gasteiger partial charge < -0.3 is 13.9 Å². The van der Waals surface area contributed by atoms with Crippen LogP contribution >= 0.6 is 0 Å². The second-order valence-corrected chi connectivity index (χ2v) is 15.7. The molecule has 0 aliphatic heterocycles. The molecule has 1 atom stereocenters. The van der Waals surface area contributed by atoms with Gasteiger partial charge in [-0.1, -0.05) is 154 Å². The van der Waals surface area contributed by atoms with E-state index in [1.807, 2.05) is 83.4 Å². The first kappa shape index (κ1) is 32.3. The monoisotopic (exact) mass is 963 g/mol. The van der Waals surface area contributed by atoms with Crippen LogP contribution in [0.5, 0.6) is 11.5 Å². The van der Waals surface area contributed by atoms with Gasteiger partial charge in [0.1, 0.15) is 5.82 Å². The minimum Gasteiger partial charge on any atom is -0.510 e. The molecule has 10 aromatic rings. The zero-order valence-corrected chi connectivity index (χ0v) is 35.6. The summed E-state index contributed by atoms with van der Waals surface area (Å²) in [6.07, 6.45) is 5.34. The normalized spacial score (nSPS) is 13.5. The van der Waals surface area contributed by atoms with Crippen LogP contribution in [0.15, 0.2) is 176 Å². The Bertz CT molecular complexity index is 3440. The largest absolute Gasteiger partial charge is 0.510 e. The third-order valence-corrected chi connectivity index (χ3v) is 11.1. The summed E-state index contributed by atoms with van der Waals surface area (Å²) in [4.78, 5) is 4.70. The van der Waals surface area contributed by atoms with E-state index in [0.29, 0.717) is 11.5 Å². The van der Waals surface area contributed by atoms with Gasteiger partial charge in [0.25, 0.3) is 6.33 Å². The standard InChI is InChI=1S/C54H42N4O.Pt/c1-37(54(2,3)4)40-31-32-55-52(33-40)58-48-26-12-11-23-46(48)47-30-29-43(35-51(47)58)59-42-22-15-21-41(34-42)56-36-57(50-28-14-13-27-49(50)56)53-44(38-17-7-5-8-18-38)24-16-25-45(53)39-19-9-6-10-20-39;/h5-33,37H,1-4H3;/q-2;/i11D,12D,23D,26D,29D,30D;. The van der Waals surface area contributed by atoms with Gasteiger partial charge in [0.15, 0.2) is 0 Å². The Hall–Kier alpha value is -6.55. The molecule has 0 radical (unpaired) electrons. The smallest absolute Gasteiger partial charge is 0.268 e. The van der Waals surface area contributed by atoms with Crippen molar-refractivity contribution in [2.75, 3.05) is 0 Å². The van der Waals surface area contributed by atoms with Crippen LogP contribution in [0.4, 0.5) is 0 Å². The van der Waals surface area contributed by atoms with Crippen molar-refractivity contribution >= 4 is 32.8 Å². The van der Waals surface area contributed by atoms with Gasteiger partial charge in [-0.2, -0.15) is 18.2 Å². The van der Waals surface area contributed by atoms with E-state index in [1.54, 1.807) is 16.8 Å². The number of fused-ring (bicyclic) bond motifs is 4. The molecule has 6 heteroatoms. The number of aromatic nitrogens is 4. The molecule has 0 N–H and O–H groups in total. The van der Waals surface area contributed by atoms with Gasteiger partial charge in [-0.3, -0.25) is 4.57 Å². The Labute approximate surface area is 373 Å². The number of benzene rings is 7. The SMILES string of the molecule is [2H]c1c(Oc2[c-]c(-n3[c-][n+](-c4c(-c5ccccc5)cccc4-c4ccccc4)c4ccccc43)ccc2)[c-]c2c(c1[2H])c1c([2H])c([2H])c([2H])c([2H])c1n2-c1cc(C(C)C(C)(C)C)ccn1.[Pt]. The topological polar surface area (TPSA) is 35.9 Å². The first-order chi connectivity index (χ1) is 31.3. The van der Waals surface area contributed by atoms with Crippen LogP contribution in [0.2, 0.25) is 0 Å². The molecule has 0 spiro atoms. The van der Waals surface area contributed by atoms with E-state index < -0.39 is 12.1 Å². The predicted octanol–water partition coefficient (Wildman–Crippen LogP) is 13.1. The summed E-state index contributed by atoms with van der Waals surface area (Å²) in [6.45, 7) is 8.60. The number of para-hydroxylation sites is 4. The maximum Gasteiger partial charge on any atom is 0.268 e. The van der Waals surface area contributed by atoms with Crippen molar-refractivity contribution in [2.45, 2.75) is 33.6 Å². The molecule has 0 saturated carbocycles. The van der Waals surface area contributed by atoms with E-state index in [2.05, 4.69) is 99.3 Å². The number of ether oxygens (including phenoxy) is 1. The van der Waals surface area contributed by atoms with E-state index in [-0.39, 0.29) is 89.9 Å². The minimum absolute atomic E-state index is 0. The van der Waals surface area contributed by atoms with E-state index in [1.165, 1.54) is 0 Å². The minimum atomic E-state index is -0.433. The fraction of sp³-hybridized carbons (Fsp3) is 0.111. The quantitative estimate of drug-likeness (QED) is 0.112. The average molecular weight is 964 g/mol. The molecule has 296 valence electrons. The Morgan fingerprint density at radius 1 is 0.683 bits per heavy atom. The Morgan fingerprint density at radius 3 is 2.10 bits per heavy atom. The van der Waals surface area contributed by atoms with Gasteiger partial charge >= 0.3 is 0 Å². The van der Waals surface area contributed by atoms with Crippen molar-refractivity contribution in [2.24, 2.45) is 5.41 Å². The summed E-state index contributed by atoms with van der Waals surface area (Å²) in [5, 5.41) is 0.270. The number of pyridine rings is 1. The summed E-state index contributed by atoms with van der Waals surface area (Å²) in [7, 11) is 0. The molecule has 5 nitrogen and oxygen atoms in total. The molecule has 7 aromatic carbocycles. The Kier molecular flexibility index (Phi) is 8.56. The molecule has 0 aliphatic rings. The first-order valence-corrected chi connectivity index (χ1v) is 19.6. The zero-order chi connectivity index (χ0) is 45.3. The maximum absolute atomic E-state index is 9.35. The summed E-state index contributed by atoms with van der Waals surface area (Å²) >= 11 is 0. The van der Waals surface area contributed by atoms with Crippen molar-refractivity contribution in [1.82, 2.24) is 14.1 Å². The van der Waals surface area contributed by atoms with E-state index in [4.69, 9.17) is 15.2 Å². The molecule has 10 rings (SSSR count). The molecule has 0 amide bonds. The van der Waals surface area contributed by atoms with Crippen LogP contribution in [-0.2, 0) is 21.1 Å². The molecule has 0 saturated heterocycles. The van der Waals surface area contributed by atoms with Crippen LogP contribution in [0.25, 0.3) is 72.3 Å². The number of nitrogens with zero attached hydrogens (tertiary/aromatic N) is 4. The number of hydrogen-bond acceptors (Lipinski definition) is 2. The van der Waals surface area contributed by atoms with Crippen LogP contribution in [0.3, 0.4) is 0 Å². The van der Waals surface area contributed by atoms with Crippen molar-refractivity contribution < 1.29 is 38.6 Å². The summed E-state index contributed by atoms with van der Waals surface area (Å²) in [5.74, 6) is 0.681. The Morgan fingerprint density at radius 2 is 1.37 bits per heavy atom. The van der Waals surface area contributed by atoms with Gasteiger partial charge in [-0.25, -0.2) is 4.98 Å². The molecule has 0 fully saturated rings. The fourth-order valence-electron chi connectivity index (χ4n) is 7.73. The first-order valence-electron chi connectivity index (χ1n) is 22.6. The zero-order valence-electron chi connectivity index (χ0n) is 39.4. The average Bonchev–Trinajstić information content (AvgIpc) is 3.88. The molecular weight excluding hydrogens is 916 g/mol. The summed E-state index contributed by atoms with van der Waals surface area (Å²) in [5.41, 5.74) is 8.83. The summed E-state index contributed by atoms with van der Waals surface area (Å²) < 4.78 is 65.9. The third-order valence-electron chi connectivity index (χ3n) is 11.1. The van der Waals surface area contributed by atoms with Gasteiger partial charge in [-0.15, -0.1) is 29.6 Å². The predicted molar refractivity (Wildman–Crippen MR) is 239 cm³/mol. The van der Waals surface area contributed by atoms with Crippen molar-refractivity contribution in [1.29, 1.82) is 0 Å². The molecular formula is C54H42N4OPt-2. The van der Waals surface area contributed by atoms with E-state index >= 15 is 0 Å². The van der Waals surface area contributed by atoms with Gasteiger partial charge in [-0.05, 0) is 69.8 Å². The number of imidazole rings is 1. The fourth-order valence-corrected chi connectivity index (χ4v) is 7.73. The molecule has 3 aromatic heterocycles. The van der Waals surface area contributed by atoms with E-state index in [0.717, 1.165) is 44.5 Å². The molecule has 0 aliphatic carbocycles. The van der Waals surface area contributed by atoms with Crippen LogP contribution < -0.4 is 9.30 Å². The second-order valence-electron chi connectivity index (χ2n) is 15.7. The Balaban J connectivity index is 0.00000548. The van der Waals surface area contributed by atoms with E-state index in [9.17, 15) is 2.74 Å². The van der Waals surface area contributed by atoms with Crippen molar-refractivity contribution in [3.05, 3.63) is 200 Å². The summed E-state index contributed by atoms with van der Waals surface area (Å²) in [6, 6.07) is 49.0. The molecule has 60 heavy (non-hydrogen) atoms. The van der Waals surface area contributed by atoms with Gasteiger partial charge in [0.2, 0.25) is 0 Å². The van der Waals surface area contributed by atoms with Crippen LogP contribution in [-0.4, -0.2) is 14.1 Å². The van der Waals surface area contributed by atoms with Gasteiger partial charge in [0.05, 0.1) is 22.2 Å².